The summed E-state index contributed by atoms with van der Waals surface area (Å²) >= 11 is 1.32. The van der Waals surface area contributed by atoms with E-state index in [2.05, 4.69) is 16.0 Å². The maximum atomic E-state index is 12.5. The lowest BCUT2D eigenvalue weighted by molar-refractivity contribution is 0.0848. The van der Waals surface area contributed by atoms with Crippen molar-refractivity contribution in [2.75, 3.05) is 0 Å². The van der Waals surface area contributed by atoms with Gasteiger partial charge in [-0.05, 0) is 38.1 Å². The first-order valence-electron chi connectivity index (χ1n) is 8.24. The molecule has 136 valence electrons. The smallest absolute Gasteiger partial charge is 0.279 e. The number of hydrogen-bond donors (Lipinski definition) is 2. The summed E-state index contributed by atoms with van der Waals surface area (Å²) in [5.41, 5.74) is 6.99. The van der Waals surface area contributed by atoms with Crippen molar-refractivity contribution in [1.29, 1.82) is 0 Å². The van der Waals surface area contributed by atoms with Crippen LogP contribution in [0.5, 0.6) is 0 Å². The molecule has 3 aromatic heterocycles. The van der Waals surface area contributed by atoms with Gasteiger partial charge in [-0.25, -0.2) is 4.68 Å². The van der Waals surface area contributed by atoms with Crippen LogP contribution < -0.4 is 10.9 Å². The third-order valence-corrected chi connectivity index (χ3v) is 5.27. The van der Waals surface area contributed by atoms with Crippen LogP contribution in [-0.2, 0) is 0 Å². The Bertz CT molecular complexity index is 1140. The van der Waals surface area contributed by atoms with Gasteiger partial charge < -0.3 is 4.42 Å². The fraction of sp³-hybridized carbons (Fsp3) is 0.105. The van der Waals surface area contributed by atoms with Gasteiger partial charge in [0.2, 0.25) is 0 Å². The Morgan fingerprint density at radius 1 is 1.07 bits per heavy atom. The van der Waals surface area contributed by atoms with Gasteiger partial charge in [0, 0.05) is 5.39 Å². The van der Waals surface area contributed by atoms with E-state index in [1.807, 2.05) is 41.9 Å². The molecule has 2 N–H and O–H groups in total. The molecule has 1 aromatic carbocycles. The van der Waals surface area contributed by atoms with Crippen molar-refractivity contribution in [2.24, 2.45) is 0 Å². The molecule has 0 fully saturated rings. The summed E-state index contributed by atoms with van der Waals surface area (Å²) in [5, 5.41) is 5.46. The molecular weight excluding hydrogens is 364 g/mol. The summed E-state index contributed by atoms with van der Waals surface area (Å²) in [7, 11) is 0. The van der Waals surface area contributed by atoms with Gasteiger partial charge >= 0.3 is 0 Å². The number of hydrazine groups is 1. The van der Waals surface area contributed by atoms with Crippen molar-refractivity contribution in [3.63, 3.8) is 0 Å². The molecule has 4 rings (SSSR count). The van der Waals surface area contributed by atoms with Crippen LogP contribution in [-0.4, -0.2) is 21.6 Å². The minimum Gasteiger partial charge on any atom is -0.469 e. The molecule has 0 spiro atoms. The zero-order valence-electron chi connectivity index (χ0n) is 14.6. The van der Waals surface area contributed by atoms with Gasteiger partial charge in [0.25, 0.3) is 11.8 Å². The number of aryl methyl sites for hydroxylation is 2. The molecule has 0 aliphatic carbocycles. The van der Waals surface area contributed by atoms with Crippen molar-refractivity contribution >= 4 is 33.4 Å². The maximum absolute atomic E-state index is 12.5. The van der Waals surface area contributed by atoms with Crippen molar-refractivity contribution < 1.29 is 14.0 Å². The number of carbonyl (C=O) groups excluding carboxylic acids is 2. The number of nitrogens with one attached hydrogen (secondary N) is 2. The first-order chi connectivity index (χ1) is 13.0. The highest BCUT2D eigenvalue weighted by Gasteiger charge is 2.18. The van der Waals surface area contributed by atoms with E-state index in [9.17, 15) is 9.59 Å². The number of hydrogen-bond acceptors (Lipinski definition) is 5. The fourth-order valence-electron chi connectivity index (χ4n) is 2.77. The summed E-state index contributed by atoms with van der Waals surface area (Å²) in [5.74, 6) is -0.325. The van der Waals surface area contributed by atoms with Crippen LogP contribution >= 0.6 is 11.3 Å². The van der Waals surface area contributed by atoms with Gasteiger partial charge in [-0.15, -0.1) is 11.3 Å². The van der Waals surface area contributed by atoms with Gasteiger partial charge in [0.1, 0.15) is 10.6 Å². The highest BCUT2D eigenvalue weighted by molar-refractivity contribution is 7.20. The van der Waals surface area contributed by atoms with Crippen LogP contribution in [0, 0.1) is 13.8 Å². The van der Waals surface area contributed by atoms with Crippen LogP contribution in [0.3, 0.4) is 0 Å². The lowest BCUT2D eigenvalue weighted by atomic mass is 10.2. The molecule has 0 saturated heterocycles. The Morgan fingerprint density at radius 3 is 2.52 bits per heavy atom. The quantitative estimate of drug-likeness (QED) is 0.533. The first kappa shape index (κ1) is 17.0. The number of carbonyl (C=O) groups is 2. The first-order valence-corrected chi connectivity index (χ1v) is 9.05. The van der Waals surface area contributed by atoms with Crippen LogP contribution in [0.25, 0.3) is 15.9 Å². The second-order valence-electron chi connectivity index (χ2n) is 5.96. The Morgan fingerprint density at radius 2 is 1.81 bits per heavy atom. The van der Waals surface area contributed by atoms with E-state index in [1.54, 1.807) is 19.1 Å². The van der Waals surface area contributed by atoms with E-state index in [0.717, 1.165) is 21.6 Å². The maximum Gasteiger partial charge on any atom is 0.279 e. The van der Waals surface area contributed by atoms with E-state index < -0.39 is 5.91 Å². The third kappa shape index (κ3) is 3.11. The molecular formula is C19H16N4O3S. The van der Waals surface area contributed by atoms with Gasteiger partial charge in [0.15, 0.2) is 0 Å². The molecule has 7 nitrogen and oxygen atoms in total. The predicted molar refractivity (Wildman–Crippen MR) is 102 cm³/mol. The van der Waals surface area contributed by atoms with Crippen LogP contribution in [0.1, 0.15) is 31.5 Å². The zero-order chi connectivity index (χ0) is 19.0. The van der Waals surface area contributed by atoms with E-state index in [0.29, 0.717) is 16.2 Å². The molecule has 2 amide bonds. The molecule has 0 aliphatic rings. The van der Waals surface area contributed by atoms with Gasteiger partial charge in [-0.1, -0.05) is 18.2 Å². The van der Waals surface area contributed by atoms with E-state index in [-0.39, 0.29) is 5.91 Å². The highest BCUT2D eigenvalue weighted by Crippen LogP contribution is 2.30. The minimum atomic E-state index is -0.428. The summed E-state index contributed by atoms with van der Waals surface area (Å²) in [4.78, 5) is 25.9. The van der Waals surface area contributed by atoms with Crippen molar-refractivity contribution in [2.45, 2.75) is 13.8 Å². The largest absolute Gasteiger partial charge is 0.469 e. The standard InChI is InChI=1S/C19H16N4O3S/c1-11-15-10-16(18(25)21-20-17(24)14-8-9-26-12(14)2)27-19(15)23(22-11)13-6-4-3-5-7-13/h3-10H,1-2H3,(H,20,24)(H,21,25). The third-order valence-electron chi connectivity index (χ3n) is 4.16. The van der Waals surface area contributed by atoms with Crippen molar-refractivity contribution in [3.8, 4) is 5.69 Å². The Balaban J connectivity index is 1.56. The second kappa shape index (κ2) is 6.73. The zero-order valence-corrected chi connectivity index (χ0v) is 15.5. The van der Waals surface area contributed by atoms with Crippen molar-refractivity contribution in [3.05, 3.63) is 70.6 Å². The number of amides is 2. The Labute approximate surface area is 158 Å². The Hall–Kier alpha value is -3.39. The summed E-state index contributed by atoms with van der Waals surface area (Å²) in [6.07, 6.45) is 1.43. The van der Waals surface area contributed by atoms with Crippen LogP contribution in [0.4, 0.5) is 0 Å². The van der Waals surface area contributed by atoms with Gasteiger partial charge in [0.05, 0.1) is 28.1 Å². The molecule has 3 heterocycles. The average Bonchev–Trinajstić information content (AvgIpc) is 3.37. The molecule has 0 bridgehead atoms. The van der Waals surface area contributed by atoms with E-state index in [1.165, 1.54) is 17.6 Å². The lowest BCUT2D eigenvalue weighted by Gasteiger charge is -2.05. The van der Waals surface area contributed by atoms with Gasteiger partial charge in [-0.3, -0.25) is 20.4 Å². The molecule has 8 heteroatoms. The van der Waals surface area contributed by atoms with E-state index >= 15 is 0 Å². The number of rotatable bonds is 3. The average molecular weight is 380 g/mol. The lowest BCUT2D eigenvalue weighted by Crippen LogP contribution is -2.41. The van der Waals surface area contributed by atoms with Crippen molar-refractivity contribution in [1.82, 2.24) is 20.6 Å². The fourth-order valence-corrected chi connectivity index (χ4v) is 3.84. The molecule has 27 heavy (non-hydrogen) atoms. The number of para-hydroxylation sites is 1. The number of thiophene rings is 1. The molecule has 0 saturated carbocycles. The second-order valence-corrected chi connectivity index (χ2v) is 6.99. The topological polar surface area (TPSA) is 89.2 Å². The molecule has 0 aliphatic heterocycles. The number of nitrogens with zero attached hydrogens (tertiary/aromatic N) is 2. The minimum absolute atomic E-state index is 0.377. The summed E-state index contributed by atoms with van der Waals surface area (Å²) in [6, 6.07) is 13.1. The van der Waals surface area contributed by atoms with Crippen LogP contribution in [0.15, 0.2) is 53.1 Å². The number of benzene rings is 1. The SMILES string of the molecule is Cc1occc1C(=O)NNC(=O)c1cc2c(C)nn(-c3ccccc3)c2s1. The molecule has 0 radical (unpaired) electrons. The number of aromatic nitrogens is 2. The molecule has 0 atom stereocenters. The number of fused-ring (bicyclic) bond motifs is 1. The normalized spacial score (nSPS) is 10.9. The number of furan rings is 1. The highest BCUT2D eigenvalue weighted by atomic mass is 32.1. The summed E-state index contributed by atoms with van der Waals surface area (Å²) in [6.45, 7) is 3.58. The molecule has 0 unspecified atom stereocenters. The van der Waals surface area contributed by atoms with E-state index in [4.69, 9.17) is 4.42 Å². The summed E-state index contributed by atoms with van der Waals surface area (Å²) < 4.78 is 6.91. The molecule has 4 aromatic rings. The van der Waals surface area contributed by atoms with Crippen LogP contribution in [0.2, 0.25) is 0 Å². The Kier molecular flexibility index (Phi) is 4.25. The monoisotopic (exact) mass is 380 g/mol. The van der Waals surface area contributed by atoms with Gasteiger partial charge in [-0.2, -0.15) is 5.10 Å². The predicted octanol–water partition coefficient (Wildman–Crippen LogP) is 3.37.